The Bertz CT molecular complexity index is 1270. The first kappa shape index (κ1) is 29.6. The molecule has 0 atom stereocenters. The zero-order chi connectivity index (χ0) is 26.7. The number of halogens is 3. The van der Waals surface area contributed by atoms with Crippen LogP contribution in [0, 0.1) is 10.7 Å². The molecule has 0 amide bonds. The van der Waals surface area contributed by atoms with Crippen molar-refractivity contribution < 1.29 is 32.0 Å². The van der Waals surface area contributed by atoms with E-state index in [4.69, 9.17) is 14.2 Å². The predicted molar refractivity (Wildman–Crippen MR) is 164 cm³/mol. The van der Waals surface area contributed by atoms with Crippen LogP contribution in [0.15, 0.2) is 23.1 Å². The molecule has 0 aromatic heterocycles. The Morgan fingerprint density at radius 2 is 1.51 bits per heavy atom. The molecule has 2 aliphatic carbocycles. The van der Waals surface area contributed by atoms with Crippen molar-refractivity contribution in [2.24, 2.45) is 0 Å². The average Bonchev–Trinajstić information content (AvgIpc) is 3.55. The number of hydrogen-bond donors (Lipinski definition) is 0. The molecule has 0 bridgehead atoms. The van der Waals surface area contributed by atoms with Gasteiger partial charge in [-0.05, 0) is 135 Å². The fraction of sp³-hybridized carbons (Fsp3) is 0.500. The van der Waals surface area contributed by atoms with E-state index in [0.717, 1.165) is 64.1 Å². The van der Waals surface area contributed by atoms with Crippen LogP contribution in [0.25, 0.3) is 0 Å². The van der Waals surface area contributed by atoms with Crippen LogP contribution in [-0.4, -0.2) is 39.3 Å². The van der Waals surface area contributed by atoms with Crippen LogP contribution in [-0.2, 0) is 14.9 Å². The van der Waals surface area contributed by atoms with Crippen molar-refractivity contribution in [2.45, 2.75) is 68.1 Å². The number of benzene rings is 2. The Morgan fingerprint density at radius 3 is 2.08 bits per heavy atom. The van der Waals surface area contributed by atoms with Gasteiger partial charge in [0.2, 0.25) is 0 Å². The topological polar surface area (TPSA) is 102 Å². The summed E-state index contributed by atoms with van der Waals surface area (Å²) < 4.78 is 56.1. The van der Waals surface area contributed by atoms with Crippen molar-refractivity contribution in [3.63, 3.8) is 0 Å². The van der Waals surface area contributed by atoms with Crippen LogP contribution in [0.1, 0.15) is 84.7 Å². The largest absolute Gasteiger partial charge is 0.744 e. The van der Waals surface area contributed by atoms with E-state index in [1.165, 1.54) is 0 Å². The minimum atomic E-state index is -4.61. The van der Waals surface area contributed by atoms with E-state index < -0.39 is 16.1 Å². The minimum absolute atomic E-state index is 0.0315. The van der Waals surface area contributed by atoms with Gasteiger partial charge in [0, 0.05) is 3.57 Å². The second-order valence-electron chi connectivity index (χ2n) is 9.39. The maximum Gasteiger partial charge on any atom is 0.340 e. The third-order valence-electron chi connectivity index (χ3n) is 7.11. The number of hydrogen-bond acceptors (Lipinski definition) is 7. The molecule has 37 heavy (non-hydrogen) atoms. The Balaban J connectivity index is 1.54. The van der Waals surface area contributed by atoms with Gasteiger partial charge < -0.3 is 18.8 Å². The first-order valence-corrected chi connectivity index (χ1v) is 16.9. The fourth-order valence-corrected chi connectivity index (χ4v) is 10.4. The van der Waals surface area contributed by atoms with E-state index in [0.29, 0.717) is 26.2 Å². The molecule has 0 heterocycles. The highest BCUT2D eigenvalue weighted by Gasteiger charge is 2.28. The van der Waals surface area contributed by atoms with Crippen molar-refractivity contribution in [3.05, 3.63) is 45.6 Å². The van der Waals surface area contributed by atoms with Gasteiger partial charge in [0.05, 0.1) is 24.7 Å². The molecule has 2 aromatic carbocycles. The van der Waals surface area contributed by atoms with Gasteiger partial charge in [0.15, 0.2) is 0 Å². The van der Waals surface area contributed by atoms with Crippen LogP contribution >= 0.6 is 67.8 Å². The molecule has 0 saturated heterocycles. The molecule has 2 saturated carbocycles. The number of ether oxygens (including phenoxy) is 3. The summed E-state index contributed by atoms with van der Waals surface area (Å²) in [5, 5.41) is 0. The molecular formula is C26H28I3O7S-. The lowest BCUT2D eigenvalue weighted by molar-refractivity contribution is 0.0446. The summed E-state index contributed by atoms with van der Waals surface area (Å²) in [6.45, 7) is 0.150. The predicted octanol–water partition coefficient (Wildman–Crippen LogP) is 6.96. The quantitative estimate of drug-likeness (QED) is 0.116. The Morgan fingerprint density at radius 1 is 0.919 bits per heavy atom. The lowest BCUT2D eigenvalue weighted by Crippen LogP contribution is -2.16. The summed E-state index contributed by atoms with van der Waals surface area (Å²) >= 11 is 6.38. The van der Waals surface area contributed by atoms with Crippen molar-refractivity contribution >= 4 is 83.9 Å². The van der Waals surface area contributed by atoms with Crippen LogP contribution < -0.4 is 9.47 Å². The fourth-order valence-electron chi connectivity index (χ4n) is 5.35. The molecule has 0 N–H and O–H groups in total. The van der Waals surface area contributed by atoms with Gasteiger partial charge in [-0.15, -0.1) is 0 Å². The van der Waals surface area contributed by atoms with E-state index in [2.05, 4.69) is 67.8 Å². The molecule has 0 aliphatic heterocycles. The van der Waals surface area contributed by atoms with E-state index in [9.17, 15) is 17.8 Å². The van der Waals surface area contributed by atoms with Crippen molar-refractivity contribution in [1.29, 1.82) is 0 Å². The van der Waals surface area contributed by atoms with E-state index in [1.54, 1.807) is 19.2 Å². The van der Waals surface area contributed by atoms with Crippen LogP contribution in [0.4, 0.5) is 0 Å². The first-order valence-electron chi connectivity index (χ1n) is 12.3. The summed E-state index contributed by atoms with van der Waals surface area (Å²) in [4.78, 5) is 12.8. The monoisotopic (exact) mass is 865 g/mol. The van der Waals surface area contributed by atoms with Crippen molar-refractivity contribution in [1.82, 2.24) is 0 Å². The second kappa shape index (κ2) is 12.9. The number of rotatable bonds is 9. The minimum Gasteiger partial charge on any atom is -0.744 e. The number of carbonyl (C=O) groups excluding carboxylic acids is 1. The average molecular weight is 865 g/mol. The highest BCUT2D eigenvalue weighted by atomic mass is 127. The summed E-state index contributed by atoms with van der Waals surface area (Å²) in [6, 6.07) is 5.21. The molecule has 202 valence electrons. The zero-order valence-corrected chi connectivity index (χ0v) is 27.6. The summed E-state index contributed by atoms with van der Waals surface area (Å²) in [7, 11) is -3.04. The van der Waals surface area contributed by atoms with Crippen LogP contribution in [0.5, 0.6) is 11.5 Å². The smallest absolute Gasteiger partial charge is 0.340 e. The maximum absolute atomic E-state index is 12.9. The van der Waals surface area contributed by atoms with Gasteiger partial charge >= 0.3 is 5.97 Å². The van der Waals surface area contributed by atoms with Gasteiger partial charge in [-0.2, -0.15) is 0 Å². The molecule has 0 spiro atoms. The molecule has 7 nitrogen and oxygen atoms in total. The van der Waals surface area contributed by atoms with Gasteiger partial charge in [-0.1, -0.05) is 25.7 Å². The molecule has 0 unspecified atom stereocenters. The Hall–Kier alpha value is -0.390. The molecule has 0 radical (unpaired) electrons. The third kappa shape index (κ3) is 6.85. The molecule has 2 fully saturated rings. The van der Waals surface area contributed by atoms with E-state index in [-0.39, 0.29) is 29.9 Å². The lowest BCUT2D eigenvalue weighted by atomic mass is 9.91. The third-order valence-corrected chi connectivity index (χ3v) is 10.7. The zero-order valence-electron chi connectivity index (χ0n) is 20.4. The Labute approximate surface area is 259 Å². The van der Waals surface area contributed by atoms with Crippen molar-refractivity contribution in [3.8, 4) is 11.5 Å². The second-order valence-corrected chi connectivity index (χ2v) is 14.1. The molecule has 11 heteroatoms. The number of carbonyl (C=O) groups is 1. The van der Waals surface area contributed by atoms with E-state index in [1.807, 2.05) is 6.07 Å². The maximum atomic E-state index is 12.9. The standard InChI is InChI=1S/C26H29I3O7S/c1-34-25-20(28)14-19(27)23(24(25)29)26(30)36-11-10-35-21-12-18(16-8-4-5-9-16)22(37(31,32)33)13-17(21)15-6-2-3-7-15/h12-16H,2-11H2,1H3,(H,31,32,33)/p-1. The van der Waals surface area contributed by atoms with Gasteiger partial charge in [0.25, 0.3) is 0 Å². The SMILES string of the molecule is COc1c(I)cc(I)c(C(=O)OCCOc2cc(C3CCCC3)c(S(=O)(=O)[O-])cc2C2CCCC2)c1I. The first-order chi connectivity index (χ1) is 17.6. The molecule has 4 rings (SSSR count). The molecule has 2 aliphatic rings. The Kier molecular flexibility index (Phi) is 10.3. The molecule has 2 aromatic rings. The summed E-state index contributed by atoms with van der Waals surface area (Å²) in [6.07, 6.45) is 7.72. The van der Waals surface area contributed by atoms with Crippen molar-refractivity contribution in [2.75, 3.05) is 20.3 Å². The van der Waals surface area contributed by atoms with Crippen LogP contribution in [0.3, 0.4) is 0 Å². The van der Waals surface area contributed by atoms with Gasteiger partial charge in [-0.3, -0.25) is 0 Å². The number of methoxy groups -OCH3 is 1. The van der Waals surface area contributed by atoms with E-state index >= 15 is 0 Å². The number of esters is 1. The van der Waals surface area contributed by atoms with Gasteiger partial charge in [-0.25, -0.2) is 13.2 Å². The van der Waals surface area contributed by atoms with Gasteiger partial charge in [0.1, 0.15) is 34.8 Å². The normalized spacial score (nSPS) is 16.8. The summed E-state index contributed by atoms with van der Waals surface area (Å²) in [5.41, 5.74) is 1.79. The highest BCUT2D eigenvalue weighted by molar-refractivity contribution is 14.1. The highest BCUT2D eigenvalue weighted by Crippen LogP contribution is 2.45. The molecular weight excluding hydrogens is 837 g/mol. The van der Waals surface area contributed by atoms with Crippen LogP contribution in [0.2, 0.25) is 0 Å². The summed E-state index contributed by atoms with van der Waals surface area (Å²) in [5.74, 6) is 0.966. The lowest BCUT2D eigenvalue weighted by Gasteiger charge is -2.24.